The van der Waals surface area contributed by atoms with Crippen molar-refractivity contribution < 1.29 is 9.59 Å². The van der Waals surface area contributed by atoms with Gasteiger partial charge in [-0.05, 0) is 72.9 Å². The maximum Gasteiger partial charge on any atom is 0.257 e. The number of rotatable bonds is 4. The van der Waals surface area contributed by atoms with Gasteiger partial charge in [0.05, 0.1) is 0 Å². The summed E-state index contributed by atoms with van der Waals surface area (Å²) in [6, 6.07) is 24.3. The van der Waals surface area contributed by atoms with E-state index < -0.39 is 0 Å². The van der Waals surface area contributed by atoms with Crippen molar-refractivity contribution in [1.82, 2.24) is 10.2 Å². The van der Waals surface area contributed by atoms with Gasteiger partial charge in [0.2, 0.25) is 0 Å². The average molecular weight is 523 g/mol. The van der Waals surface area contributed by atoms with Gasteiger partial charge in [0.15, 0.2) is 5.11 Å². The number of nitrogens with zero attached hydrogens (tertiary/aromatic N) is 2. The first kappa shape index (κ1) is 22.9. The van der Waals surface area contributed by atoms with Crippen LogP contribution in [0.2, 0.25) is 0 Å². The van der Waals surface area contributed by atoms with Crippen molar-refractivity contribution in [3.05, 3.63) is 94.5 Å². The van der Waals surface area contributed by atoms with E-state index in [-0.39, 0.29) is 16.9 Å². The summed E-state index contributed by atoms with van der Waals surface area (Å²) in [5.74, 6) is -0.187. The van der Waals surface area contributed by atoms with Crippen LogP contribution in [0, 0.1) is 0 Å². The van der Waals surface area contributed by atoms with E-state index in [1.54, 1.807) is 12.1 Å². The average Bonchev–Trinajstić information content (AvgIpc) is 2.85. The minimum atomic E-state index is -0.264. The van der Waals surface area contributed by atoms with Crippen molar-refractivity contribution in [2.75, 3.05) is 36.4 Å². The van der Waals surface area contributed by atoms with Crippen molar-refractivity contribution in [2.24, 2.45) is 0 Å². The molecule has 0 bridgehead atoms. The molecule has 0 atom stereocenters. The summed E-state index contributed by atoms with van der Waals surface area (Å²) in [5.41, 5.74) is 3.13. The van der Waals surface area contributed by atoms with Crippen LogP contribution in [0.3, 0.4) is 0 Å². The van der Waals surface area contributed by atoms with Gasteiger partial charge in [-0.25, -0.2) is 0 Å². The molecular formula is C25H23BrN4O2S. The molecule has 0 spiro atoms. The van der Waals surface area contributed by atoms with E-state index in [4.69, 9.17) is 12.2 Å². The van der Waals surface area contributed by atoms with Crippen molar-refractivity contribution >= 4 is 56.4 Å². The Hall–Kier alpha value is -3.23. The van der Waals surface area contributed by atoms with Gasteiger partial charge in [-0.3, -0.25) is 14.9 Å². The molecular weight excluding hydrogens is 500 g/mol. The second kappa shape index (κ2) is 10.6. The molecule has 1 heterocycles. The zero-order chi connectivity index (χ0) is 23.2. The number of nitrogens with one attached hydrogen (secondary N) is 2. The first-order chi connectivity index (χ1) is 16.0. The lowest BCUT2D eigenvalue weighted by atomic mass is 10.1. The Balaban J connectivity index is 1.28. The zero-order valence-electron chi connectivity index (χ0n) is 17.8. The van der Waals surface area contributed by atoms with Gasteiger partial charge in [-0.2, -0.15) is 0 Å². The number of hydrogen-bond donors (Lipinski definition) is 2. The lowest BCUT2D eigenvalue weighted by molar-refractivity contribution is 0.0746. The summed E-state index contributed by atoms with van der Waals surface area (Å²) in [5, 5.41) is 5.97. The van der Waals surface area contributed by atoms with Gasteiger partial charge in [-0.15, -0.1) is 0 Å². The fraction of sp³-hybridized carbons (Fsp3) is 0.160. The summed E-state index contributed by atoms with van der Waals surface area (Å²) in [6.07, 6.45) is 0. The van der Waals surface area contributed by atoms with Gasteiger partial charge in [-0.1, -0.05) is 34.1 Å². The number of piperazine rings is 1. The molecule has 3 aromatic carbocycles. The maximum atomic E-state index is 12.6. The molecule has 4 rings (SSSR count). The molecule has 1 aliphatic heterocycles. The summed E-state index contributed by atoms with van der Waals surface area (Å²) in [7, 11) is 0. The fourth-order valence-electron chi connectivity index (χ4n) is 3.63. The Morgan fingerprint density at radius 1 is 0.788 bits per heavy atom. The molecule has 3 aromatic rings. The molecule has 0 unspecified atom stereocenters. The van der Waals surface area contributed by atoms with Gasteiger partial charge in [0.1, 0.15) is 0 Å². The second-order valence-electron chi connectivity index (χ2n) is 7.61. The molecule has 0 aromatic heterocycles. The number of carbonyl (C=O) groups excluding carboxylic acids is 2. The van der Waals surface area contributed by atoms with Crippen LogP contribution in [0.4, 0.5) is 11.4 Å². The van der Waals surface area contributed by atoms with Gasteiger partial charge < -0.3 is 15.1 Å². The molecule has 2 N–H and O–H groups in total. The predicted octanol–water partition coefficient (Wildman–Crippen LogP) is 4.54. The predicted molar refractivity (Wildman–Crippen MR) is 139 cm³/mol. The van der Waals surface area contributed by atoms with Gasteiger partial charge >= 0.3 is 0 Å². The Morgan fingerprint density at radius 3 is 2.06 bits per heavy atom. The molecule has 1 saturated heterocycles. The summed E-state index contributed by atoms with van der Waals surface area (Å²) < 4.78 is 0.907. The SMILES string of the molecule is O=C(NC(=S)Nc1ccc(N2CCN(C(=O)c3ccccc3)CC2)cc1)c1ccc(Br)cc1. The number of carbonyl (C=O) groups is 2. The lowest BCUT2D eigenvalue weighted by Gasteiger charge is -2.36. The lowest BCUT2D eigenvalue weighted by Crippen LogP contribution is -2.48. The van der Waals surface area contributed by atoms with Crippen LogP contribution in [-0.2, 0) is 0 Å². The first-order valence-electron chi connectivity index (χ1n) is 10.6. The first-order valence-corrected chi connectivity index (χ1v) is 11.8. The van der Waals surface area contributed by atoms with Crippen LogP contribution in [0.5, 0.6) is 0 Å². The molecule has 1 fully saturated rings. The third-order valence-corrected chi connectivity index (χ3v) is 6.14. The monoisotopic (exact) mass is 522 g/mol. The van der Waals surface area contributed by atoms with Crippen LogP contribution in [0.25, 0.3) is 0 Å². The highest BCUT2D eigenvalue weighted by Crippen LogP contribution is 2.20. The van der Waals surface area contributed by atoms with Crippen LogP contribution >= 0.6 is 28.1 Å². The van der Waals surface area contributed by atoms with Gasteiger partial charge in [0.25, 0.3) is 11.8 Å². The molecule has 0 radical (unpaired) electrons. The number of halogens is 1. The highest BCUT2D eigenvalue weighted by molar-refractivity contribution is 9.10. The van der Waals surface area contributed by atoms with Crippen molar-refractivity contribution in [1.29, 1.82) is 0 Å². The molecule has 2 amide bonds. The maximum absolute atomic E-state index is 12.6. The molecule has 1 aliphatic rings. The number of anilines is 2. The number of thiocarbonyl (C=S) groups is 1. The van der Waals surface area contributed by atoms with Gasteiger partial charge in [0, 0.05) is 53.2 Å². The second-order valence-corrected chi connectivity index (χ2v) is 8.93. The third kappa shape index (κ3) is 5.97. The van der Waals surface area contributed by atoms with E-state index in [0.717, 1.165) is 34.5 Å². The zero-order valence-corrected chi connectivity index (χ0v) is 20.2. The Labute approximate surface area is 206 Å². The number of hydrogen-bond acceptors (Lipinski definition) is 4. The minimum Gasteiger partial charge on any atom is -0.368 e. The van der Waals surface area contributed by atoms with Crippen molar-refractivity contribution in [2.45, 2.75) is 0 Å². The highest BCUT2D eigenvalue weighted by atomic mass is 79.9. The fourth-order valence-corrected chi connectivity index (χ4v) is 4.10. The van der Waals surface area contributed by atoms with E-state index in [2.05, 4.69) is 31.5 Å². The van der Waals surface area contributed by atoms with Crippen LogP contribution in [-0.4, -0.2) is 48.0 Å². The standard InChI is InChI=1S/C25H23BrN4O2S/c26-20-8-6-18(7-9-20)23(31)28-25(33)27-21-10-12-22(13-11-21)29-14-16-30(17-15-29)24(32)19-4-2-1-3-5-19/h1-13H,14-17H2,(H2,27,28,31,33). The topological polar surface area (TPSA) is 64.7 Å². The molecule has 0 saturated carbocycles. The van der Waals surface area contributed by atoms with Crippen molar-refractivity contribution in [3.8, 4) is 0 Å². The number of benzene rings is 3. The van der Waals surface area contributed by atoms with Crippen molar-refractivity contribution in [3.63, 3.8) is 0 Å². The van der Waals surface area contributed by atoms with E-state index in [9.17, 15) is 9.59 Å². The van der Waals surface area contributed by atoms with E-state index in [1.165, 1.54) is 0 Å². The normalized spacial score (nSPS) is 13.4. The Bertz CT molecular complexity index is 1130. The third-order valence-electron chi connectivity index (χ3n) is 5.41. The highest BCUT2D eigenvalue weighted by Gasteiger charge is 2.22. The number of amides is 2. The molecule has 8 heteroatoms. The summed E-state index contributed by atoms with van der Waals surface area (Å²) in [4.78, 5) is 29.1. The largest absolute Gasteiger partial charge is 0.368 e. The van der Waals surface area contributed by atoms with Crippen LogP contribution in [0.1, 0.15) is 20.7 Å². The summed E-state index contributed by atoms with van der Waals surface area (Å²) in [6.45, 7) is 2.90. The molecule has 168 valence electrons. The van der Waals surface area contributed by atoms with E-state index >= 15 is 0 Å². The molecule has 33 heavy (non-hydrogen) atoms. The Kier molecular flexibility index (Phi) is 7.36. The Morgan fingerprint density at radius 2 is 1.42 bits per heavy atom. The van der Waals surface area contributed by atoms with E-state index in [1.807, 2.05) is 71.6 Å². The minimum absolute atomic E-state index is 0.0773. The van der Waals surface area contributed by atoms with Crippen LogP contribution < -0.4 is 15.5 Å². The quantitative estimate of drug-likeness (QED) is 0.492. The molecule has 0 aliphatic carbocycles. The summed E-state index contributed by atoms with van der Waals surface area (Å²) >= 11 is 8.63. The van der Waals surface area contributed by atoms with E-state index in [0.29, 0.717) is 18.7 Å². The van der Waals surface area contributed by atoms with Crippen LogP contribution in [0.15, 0.2) is 83.3 Å². The smallest absolute Gasteiger partial charge is 0.257 e. The molecule has 6 nitrogen and oxygen atoms in total.